The van der Waals surface area contributed by atoms with Gasteiger partial charge in [-0.2, -0.15) is 5.01 Å². The molecule has 0 fully saturated rings. The monoisotopic (exact) mass is 427 g/mol. The summed E-state index contributed by atoms with van der Waals surface area (Å²) in [6, 6.07) is 27.0. The van der Waals surface area contributed by atoms with Crippen molar-refractivity contribution in [2.75, 3.05) is 0 Å². The van der Waals surface area contributed by atoms with Crippen LogP contribution in [0.2, 0.25) is 5.02 Å². The lowest BCUT2D eigenvalue weighted by Crippen LogP contribution is -2.25. The summed E-state index contributed by atoms with van der Waals surface area (Å²) in [4.78, 5) is 17.3. The fourth-order valence-corrected chi connectivity index (χ4v) is 3.89. The number of pyridine rings is 1. The minimum Gasteiger partial charge on any atom is -0.446 e. The van der Waals surface area contributed by atoms with Crippen LogP contribution in [0.5, 0.6) is 0 Å². The van der Waals surface area contributed by atoms with Crippen LogP contribution in [0.3, 0.4) is 0 Å². The van der Waals surface area contributed by atoms with Crippen LogP contribution in [0.4, 0.5) is 0 Å². The van der Waals surface area contributed by atoms with Crippen LogP contribution in [0.25, 0.3) is 22.2 Å². The minimum atomic E-state index is -0.723. The largest absolute Gasteiger partial charge is 0.446 e. The van der Waals surface area contributed by atoms with E-state index < -0.39 is 6.23 Å². The van der Waals surface area contributed by atoms with E-state index >= 15 is 0 Å². The topological polar surface area (TPSA) is 54.8 Å². The number of para-hydroxylation sites is 1. The normalized spacial score (nSPS) is 15.6. The van der Waals surface area contributed by atoms with E-state index in [1.54, 1.807) is 6.07 Å². The van der Waals surface area contributed by atoms with Crippen molar-refractivity contribution in [3.8, 4) is 11.3 Å². The lowest BCUT2D eigenvalue weighted by molar-refractivity contribution is -0.135. The van der Waals surface area contributed by atoms with Crippen LogP contribution >= 0.6 is 11.6 Å². The Hall–Kier alpha value is -3.70. The van der Waals surface area contributed by atoms with E-state index in [0.717, 1.165) is 27.7 Å². The molecule has 0 radical (unpaired) electrons. The van der Waals surface area contributed by atoms with Crippen LogP contribution in [-0.2, 0) is 9.53 Å². The Morgan fingerprint density at radius 2 is 1.68 bits per heavy atom. The van der Waals surface area contributed by atoms with Crippen molar-refractivity contribution in [1.29, 1.82) is 0 Å². The molecule has 1 aliphatic heterocycles. The Labute approximate surface area is 184 Å². The molecule has 0 spiro atoms. The van der Waals surface area contributed by atoms with Crippen molar-refractivity contribution in [1.82, 2.24) is 9.99 Å². The zero-order valence-electron chi connectivity index (χ0n) is 16.7. The first kappa shape index (κ1) is 19.3. The number of amides is 1. The van der Waals surface area contributed by atoms with E-state index in [1.165, 1.54) is 11.9 Å². The minimum absolute atomic E-state index is 0.228. The van der Waals surface area contributed by atoms with Gasteiger partial charge < -0.3 is 4.74 Å². The highest BCUT2D eigenvalue weighted by atomic mass is 35.5. The predicted octanol–water partition coefficient (Wildman–Crippen LogP) is 5.79. The maximum Gasteiger partial charge on any atom is 0.243 e. The Balaban J connectivity index is 1.66. The van der Waals surface area contributed by atoms with Gasteiger partial charge in [-0.05, 0) is 24.3 Å². The molecular formula is C25H18ClN3O2. The molecule has 5 nitrogen and oxygen atoms in total. The van der Waals surface area contributed by atoms with Gasteiger partial charge in [0.2, 0.25) is 18.0 Å². The average molecular weight is 428 g/mol. The molecule has 6 heteroatoms. The number of benzene rings is 3. The Morgan fingerprint density at radius 3 is 2.45 bits per heavy atom. The summed E-state index contributed by atoms with van der Waals surface area (Å²) in [7, 11) is 0. The molecule has 152 valence electrons. The molecule has 0 saturated heterocycles. The van der Waals surface area contributed by atoms with Crippen molar-refractivity contribution in [3.05, 3.63) is 101 Å². The van der Waals surface area contributed by atoms with E-state index in [9.17, 15) is 4.79 Å². The molecular weight excluding hydrogens is 410 g/mol. The van der Waals surface area contributed by atoms with E-state index in [0.29, 0.717) is 16.5 Å². The Kier molecular flexibility index (Phi) is 4.88. The number of hydrogen-bond acceptors (Lipinski definition) is 4. The summed E-state index contributed by atoms with van der Waals surface area (Å²) < 4.78 is 6.23. The molecule has 0 saturated carbocycles. The zero-order valence-corrected chi connectivity index (χ0v) is 17.5. The quantitative estimate of drug-likeness (QED) is 0.415. The number of fused-ring (bicyclic) bond motifs is 1. The third-order valence-electron chi connectivity index (χ3n) is 5.15. The van der Waals surface area contributed by atoms with Gasteiger partial charge in [0, 0.05) is 23.4 Å². The summed E-state index contributed by atoms with van der Waals surface area (Å²) in [5, 5.41) is 7.22. The lowest BCUT2D eigenvalue weighted by atomic mass is 10.0. The molecule has 0 aliphatic carbocycles. The van der Waals surface area contributed by atoms with Crippen molar-refractivity contribution >= 4 is 34.3 Å². The van der Waals surface area contributed by atoms with E-state index in [-0.39, 0.29) is 5.91 Å². The molecule has 31 heavy (non-hydrogen) atoms. The average Bonchev–Trinajstić information content (AvgIpc) is 3.25. The van der Waals surface area contributed by atoms with Gasteiger partial charge in [-0.25, -0.2) is 4.98 Å². The number of ether oxygens (including phenoxy) is 1. The number of nitrogens with zero attached hydrogens (tertiary/aromatic N) is 3. The van der Waals surface area contributed by atoms with Crippen molar-refractivity contribution in [2.45, 2.75) is 13.2 Å². The maximum absolute atomic E-state index is 12.5. The van der Waals surface area contributed by atoms with E-state index in [2.05, 4.69) is 5.10 Å². The number of carbonyl (C=O) groups is 1. The second-order valence-electron chi connectivity index (χ2n) is 7.20. The second-order valence-corrected chi connectivity index (χ2v) is 7.61. The molecule has 4 aromatic rings. The first-order chi connectivity index (χ1) is 15.1. The highest BCUT2D eigenvalue weighted by molar-refractivity contribution is 6.33. The summed E-state index contributed by atoms with van der Waals surface area (Å²) in [6.45, 7) is 1.47. The number of halogens is 1. The smallest absolute Gasteiger partial charge is 0.243 e. The summed E-state index contributed by atoms with van der Waals surface area (Å²) in [5.74, 6) is 0.0853. The molecule has 1 atom stereocenters. The second kappa shape index (κ2) is 7.85. The first-order valence-corrected chi connectivity index (χ1v) is 10.2. The number of carbonyl (C=O) groups excluding carboxylic acids is 1. The Morgan fingerprint density at radius 1 is 0.968 bits per heavy atom. The number of rotatable bonds is 3. The molecule has 0 unspecified atom stereocenters. The zero-order chi connectivity index (χ0) is 21.4. The first-order valence-electron chi connectivity index (χ1n) is 9.87. The molecule has 3 aromatic carbocycles. The van der Waals surface area contributed by atoms with Crippen LogP contribution in [-0.4, -0.2) is 21.8 Å². The van der Waals surface area contributed by atoms with Crippen molar-refractivity contribution in [3.63, 3.8) is 0 Å². The van der Waals surface area contributed by atoms with Crippen LogP contribution in [0, 0.1) is 0 Å². The maximum atomic E-state index is 12.5. The van der Waals surface area contributed by atoms with E-state index in [1.807, 2.05) is 78.9 Å². The molecule has 0 N–H and O–H groups in total. The van der Waals surface area contributed by atoms with Crippen molar-refractivity contribution in [2.24, 2.45) is 5.10 Å². The van der Waals surface area contributed by atoms with Crippen LogP contribution < -0.4 is 0 Å². The predicted molar refractivity (Wildman–Crippen MR) is 122 cm³/mol. The van der Waals surface area contributed by atoms with Gasteiger partial charge in [-0.1, -0.05) is 72.3 Å². The standard InChI is InChI=1S/C25H18ClN3O2/c1-16(30)29-25(31-24(28-29)19-12-5-7-13-21(19)26)20-15-23(17-9-3-2-4-10-17)27-22-14-8-6-11-18(20)22/h2-15,25H,1H3/t25-/m0/s1. The summed E-state index contributed by atoms with van der Waals surface area (Å²) in [6.07, 6.45) is -0.723. The molecule has 2 heterocycles. The summed E-state index contributed by atoms with van der Waals surface area (Å²) in [5.41, 5.74) is 4.05. The van der Waals surface area contributed by atoms with Gasteiger partial charge in [-0.15, -0.1) is 5.10 Å². The highest BCUT2D eigenvalue weighted by Gasteiger charge is 2.35. The number of aromatic nitrogens is 1. The molecule has 1 aliphatic rings. The van der Waals surface area contributed by atoms with Gasteiger partial charge in [0.05, 0.1) is 21.8 Å². The van der Waals surface area contributed by atoms with Crippen molar-refractivity contribution < 1.29 is 9.53 Å². The fourth-order valence-electron chi connectivity index (χ4n) is 3.68. The van der Waals surface area contributed by atoms with Gasteiger partial charge in [0.25, 0.3) is 0 Å². The third kappa shape index (κ3) is 3.53. The third-order valence-corrected chi connectivity index (χ3v) is 5.48. The van der Waals surface area contributed by atoms with Gasteiger partial charge in [-0.3, -0.25) is 4.79 Å². The number of hydrogen-bond donors (Lipinski definition) is 0. The Bertz CT molecular complexity index is 1320. The lowest BCUT2D eigenvalue weighted by Gasteiger charge is -2.21. The number of hydrazone groups is 1. The highest BCUT2D eigenvalue weighted by Crippen LogP contribution is 2.37. The molecule has 5 rings (SSSR count). The van der Waals surface area contributed by atoms with Gasteiger partial charge in [0.15, 0.2) is 0 Å². The van der Waals surface area contributed by atoms with Crippen LogP contribution in [0.15, 0.2) is 90.0 Å². The van der Waals surface area contributed by atoms with Gasteiger partial charge >= 0.3 is 0 Å². The van der Waals surface area contributed by atoms with E-state index in [4.69, 9.17) is 21.3 Å². The molecule has 1 amide bonds. The summed E-state index contributed by atoms with van der Waals surface area (Å²) >= 11 is 6.35. The van der Waals surface area contributed by atoms with Crippen LogP contribution in [0.1, 0.15) is 24.3 Å². The van der Waals surface area contributed by atoms with Gasteiger partial charge in [0.1, 0.15) is 0 Å². The molecule has 0 bridgehead atoms. The molecule has 1 aromatic heterocycles. The fraction of sp³-hybridized carbons (Fsp3) is 0.0800. The SMILES string of the molecule is CC(=O)N1N=C(c2ccccc2Cl)O[C@H]1c1cc(-c2ccccc2)nc2ccccc12.